The van der Waals surface area contributed by atoms with Crippen LogP contribution in [0.3, 0.4) is 0 Å². The lowest BCUT2D eigenvalue weighted by Gasteiger charge is -2.08. The second-order valence-corrected chi connectivity index (χ2v) is 3.36. The van der Waals surface area contributed by atoms with E-state index in [4.69, 9.17) is 4.74 Å². The third kappa shape index (κ3) is 2.21. The van der Waals surface area contributed by atoms with Crippen molar-refractivity contribution in [2.75, 3.05) is 12.4 Å². The standard InChI is InChI=1S/C9H12BrNO/c1-7(4-10)8-3-9(12-2)6-11-5-8/h3,5-7H,4H2,1-2H3. The molecule has 0 aliphatic rings. The predicted molar refractivity (Wildman–Crippen MR) is 53.0 cm³/mol. The number of ether oxygens (including phenoxy) is 1. The highest BCUT2D eigenvalue weighted by molar-refractivity contribution is 9.09. The first-order valence-corrected chi connectivity index (χ1v) is 4.95. The molecule has 0 spiro atoms. The molecule has 0 saturated heterocycles. The van der Waals surface area contributed by atoms with Crippen LogP contribution in [0, 0.1) is 0 Å². The van der Waals surface area contributed by atoms with Crippen LogP contribution in [0.4, 0.5) is 0 Å². The van der Waals surface area contributed by atoms with Gasteiger partial charge in [-0.3, -0.25) is 4.98 Å². The molecule has 1 aromatic heterocycles. The molecule has 0 N–H and O–H groups in total. The van der Waals surface area contributed by atoms with Crippen LogP contribution in [0.25, 0.3) is 0 Å². The van der Waals surface area contributed by atoms with E-state index in [1.54, 1.807) is 13.3 Å². The van der Waals surface area contributed by atoms with E-state index in [2.05, 4.69) is 27.8 Å². The molecule has 0 aliphatic carbocycles. The fraction of sp³-hybridized carbons (Fsp3) is 0.444. The van der Waals surface area contributed by atoms with Gasteiger partial charge in [0.1, 0.15) is 5.75 Å². The zero-order valence-corrected chi connectivity index (χ0v) is 8.84. The molecule has 12 heavy (non-hydrogen) atoms. The van der Waals surface area contributed by atoms with E-state index >= 15 is 0 Å². The lowest BCUT2D eigenvalue weighted by molar-refractivity contribution is 0.412. The summed E-state index contributed by atoms with van der Waals surface area (Å²) in [6.07, 6.45) is 3.58. The fourth-order valence-electron chi connectivity index (χ4n) is 0.906. The number of rotatable bonds is 3. The summed E-state index contributed by atoms with van der Waals surface area (Å²) in [5.74, 6) is 1.30. The highest BCUT2D eigenvalue weighted by Gasteiger charge is 2.04. The molecule has 1 aromatic rings. The minimum Gasteiger partial charge on any atom is -0.495 e. The van der Waals surface area contributed by atoms with Gasteiger partial charge in [0.15, 0.2) is 0 Å². The highest BCUT2D eigenvalue weighted by Crippen LogP contribution is 2.20. The number of aromatic nitrogens is 1. The molecule has 66 valence electrons. The van der Waals surface area contributed by atoms with Gasteiger partial charge in [-0.1, -0.05) is 22.9 Å². The Balaban J connectivity index is 2.86. The largest absolute Gasteiger partial charge is 0.495 e. The van der Waals surface area contributed by atoms with Crippen LogP contribution in [-0.4, -0.2) is 17.4 Å². The van der Waals surface area contributed by atoms with Crippen LogP contribution in [0.5, 0.6) is 5.75 Å². The lowest BCUT2D eigenvalue weighted by atomic mass is 10.1. The van der Waals surface area contributed by atoms with Crippen molar-refractivity contribution in [1.29, 1.82) is 0 Å². The van der Waals surface area contributed by atoms with Crippen molar-refractivity contribution in [2.45, 2.75) is 12.8 Å². The number of hydrogen-bond donors (Lipinski definition) is 0. The van der Waals surface area contributed by atoms with Gasteiger partial charge in [0.25, 0.3) is 0 Å². The van der Waals surface area contributed by atoms with E-state index in [1.807, 2.05) is 12.3 Å². The minimum atomic E-state index is 0.479. The monoisotopic (exact) mass is 229 g/mol. The van der Waals surface area contributed by atoms with Crippen molar-refractivity contribution in [3.63, 3.8) is 0 Å². The SMILES string of the molecule is COc1cncc(C(C)CBr)c1. The van der Waals surface area contributed by atoms with Gasteiger partial charge in [0.05, 0.1) is 13.3 Å². The maximum absolute atomic E-state index is 5.07. The Morgan fingerprint density at radius 2 is 2.33 bits per heavy atom. The van der Waals surface area contributed by atoms with E-state index in [0.29, 0.717) is 5.92 Å². The van der Waals surface area contributed by atoms with Crippen LogP contribution in [0.15, 0.2) is 18.5 Å². The molecule has 0 aliphatic heterocycles. The van der Waals surface area contributed by atoms with Crippen LogP contribution in [0.1, 0.15) is 18.4 Å². The van der Waals surface area contributed by atoms with Gasteiger partial charge in [-0.15, -0.1) is 0 Å². The first kappa shape index (κ1) is 9.52. The Kier molecular flexibility index (Phi) is 3.53. The van der Waals surface area contributed by atoms with Crippen LogP contribution < -0.4 is 4.74 Å². The molecular weight excluding hydrogens is 218 g/mol. The Bertz CT molecular complexity index is 252. The summed E-state index contributed by atoms with van der Waals surface area (Å²) < 4.78 is 5.07. The zero-order chi connectivity index (χ0) is 8.97. The van der Waals surface area contributed by atoms with Crippen molar-refractivity contribution < 1.29 is 4.74 Å². The maximum atomic E-state index is 5.07. The summed E-state index contributed by atoms with van der Waals surface area (Å²) in [4.78, 5) is 4.08. The maximum Gasteiger partial charge on any atom is 0.137 e. The first-order chi connectivity index (χ1) is 5.77. The topological polar surface area (TPSA) is 22.1 Å². The molecule has 0 saturated carbocycles. The van der Waals surface area contributed by atoms with E-state index in [1.165, 1.54) is 5.56 Å². The van der Waals surface area contributed by atoms with Crippen molar-refractivity contribution in [3.05, 3.63) is 24.0 Å². The molecular formula is C9H12BrNO. The van der Waals surface area contributed by atoms with Gasteiger partial charge in [-0.05, 0) is 17.5 Å². The van der Waals surface area contributed by atoms with E-state index in [9.17, 15) is 0 Å². The Labute approximate surface area is 81.1 Å². The van der Waals surface area contributed by atoms with Crippen molar-refractivity contribution in [1.82, 2.24) is 4.98 Å². The molecule has 1 heterocycles. The molecule has 0 fully saturated rings. The molecule has 0 amide bonds. The molecule has 3 heteroatoms. The van der Waals surface area contributed by atoms with E-state index < -0.39 is 0 Å². The van der Waals surface area contributed by atoms with Gasteiger partial charge in [0.2, 0.25) is 0 Å². The number of nitrogens with zero attached hydrogens (tertiary/aromatic N) is 1. The molecule has 1 rings (SSSR count). The Morgan fingerprint density at radius 3 is 2.92 bits per heavy atom. The molecule has 0 radical (unpaired) electrons. The number of halogens is 1. The second-order valence-electron chi connectivity index (χ2n) is 2.71. The molecule has 2 nitrogen and oxygen atoms in total. The number of alkyl halides is 1. The van der Waals surface area contributed by atoms with E-state index in [-0.39, 0.29) is 0 Å². The summed E-state index contributed by atoms with van der Waals surface area (Å²) in [6.45, 7) is 2.14. The summed E-state index contributed by atoms with van der Waals surface area (Å²) >= 11 is 3.43. The minimum absolute atomic E-state index is 0.479. The van der Waals surface area contributed by atoms with Gasteiger partial charge in [0, 0.05) is 11.5 Å². The average molecular weight is 230 g/mol. The Hall–Kier alpha value is -0.570. The number of hydrogen-bond acceptors (Lipinski definition) is 2. The van der Waals surface area contributed by atoms with Gasteiger partial charge in [-0.25, -0.2) is 0 Å². The lowest BCUT2D eigenvalue weighted by Crippen LogP contribution is -1.96. The normalized spacial score (nSPS) is 12.6. The fourth-order valence-corrected chi connectivity index (χ4v) is 1.28. The molecule has 0 bridgehead atoms. The van der Waals surface area contributed by atoms with Crippen LogP contribution >= 0.6 is 15.9 Å². The smallest absolute Gasteiger partial charge is 0.137 e. The summed E-state index contributed by atoms with van der Waals surface area (Å²) in [7, 11) is 1.65. The third-order valence-electron chi connectivity index (χ3n) is 1.77. The predicted octanol–water partition coefficient (Wildman–Crippen LogP) is 2.59. The Morgan fingerprint density at radius 1 is 1.58 bits per heavy atom. The summed E-state index contributed by atoms with van der Waals surface area (Å²) in [5, 5.41) is 0.946. The molecule has 0 aromatic carbocycles. The van der Waals surface area contributed by atoms with Crippen LogP contribution in [-0.2, 0) is 0 Å². The van der Waals surface area contributed by atoms with Gasteiger partial charge in [-0.2, -0.15) is 0 Å². The quantitative estimate of drug-likeness (QED) is 0.744. The first-order valence-electron chi connectivity index (χ1n) is 3.83. The second kappa shape index (κ2) is 4.45. The van der Waals surface area contributed by atoms with Gasteiger partial charge >= 0.3 is 0 Å². The van der Waals surface area contributed by atoms with Crippen LogP contribution in [0.2, 0.25) is 0 Å². The number of methoxy groups -OCH3 is 1. The summed E-state index contributed by atoms with van der Waals surface area (Å²) in [5.41, 5.74) is 1.20. The molecule has 1 unspecified atom stereocenters. The third-order valence-corrected chi connectivity index (χ3v) is 2.74. The van der Waals surface area contributed by atoms with Gasteiger partial charge < -0.3 is 4.74 Å². The van der Waals surface area contributed by atoms with E-state index in [0.717, 1.165) is 11.1 Å². The van der Waals surface area contributed by atoms with Crippen molar-refractivity contribution in [3.8, 4) is 5.75 Å². The number of pyridine rings is 1. The highest BCUT2D eigenvalue weighted by atomic mass is 79.9. The van der Waals surface area contributed by atoms with Crippen molar-refractivity contribution >= 4 is 15.9 Å². The average Bonchev–Trinajstić information content (AvgIpc) is 2.17. The van der Waals surface area contributed by atoms with Crippen molar-refractivity contribution in [2.24, 2.45) is 0 Å². The zero-order valence-electron chi connectivity index (χ0n) is 7.25. The molecule has 1 atom stereocenters. The summed E-state index contributed by atoms with van der Waals surface area (Å²) in [6, 6.07) is 2.01.